The molecule has 0 bridgehead atoms. The van der Waals surface area contributed by atoms with E-state index in [0.717, 1.165) is 43.9 Å². The van der Waals surface area contributed by atoms with Crippen LogP contribution in [0, 0.1) is 6.92 Å². The third-order valence-corrected chi connectivity index (χ3v) is 4.76. The molecule has 2 aromatic rings. The van der Waals surface area contributed by atoms with Gasteiger partial charge in [-0.3, -0.25) is 14.5 Å². The van der Waals surface area contributed by atoms with Crippen molar-refractivity contribution in [2.45, 2.75) is 32.2 Å². The second-order valence-corrected chi connectivity index (χ2v) is 6.37. The molecular formula is C17H21N5O. The summed E-state index contributed by atoms with van der Waals surface area (Å²) in [6.07, 6.45) is 8.38. The fraction of sp³-hybridized carbons (Fsp3) is 0.471. The Bertz CT molecular complexity index is 725. The van der Waals surface area contributed by atoms with Gasteiger partial charge < -0.3 is 9.80 Å². The van der Waals surface area contributed by atoms with Crippen molar-refractivity contribution in [3.63, 3.8) is 0 Å². The van der Waals surface area contributed by atoms with E-state index in [4.69, 9.17) is 0 Å². The number of carbonyl (C=O) groups is 1. The van der Waals surface area contributed by atoms with Crippen LogP contribution in [0.15, 0.2) is 30.7 Å². The van der Waals surface area contributed by atoms with Crippen molar-refractivity contribution in [1.29, 1.82) is 0 Å². The van der Waals surface area contributed by atoms with Crippen LogP contribution in [-0.4, -0.2) is 40.3 Å². The second kappa shape index (κ2) is 5.68. The van der Waals surface area contributed by atoms with E-state index in [9.17, 15) is 4.79 Å². The van der Waals surface area contributed by atoms with Gasteiger partial charge in [0.15, 0.2) is 0 Å². The molecule has 0 aliphatic carbocycles. The Hall–Kier alpha value is -2.37. The molecule has 0 aromatic carbocycles. The van der Waals surface area contributed by atoms with Crippen LogP contribution in [0.25, 0.3) is 0 Å². The third kappa shape index (κ3) is 2.69. The minimum absolute atomic E-state index is 0.213. The molecule has 6 nitrogen and oxygen atoms in total. The van der Waals surface area contributed by atoms with Gasteiger partial charge >= 0.3 is 0 Å². The fourth-order valence-electron chi connectivity index (χ4n) is 3.51. The topological polar surface area (TPSA) is 54.3 Å². The molecule has 2 aliphatic rings. The molecule has 4 rings (SSSR count). The second-order valence-electron chi connectivity index (χ2n) is 6.37. The lowest BCUT2D eigenvalue weighted by molar-refractivity contribution is -0.117. The SMILES string of the molecule is Cc1cc(N2CCC(n3cc(N4CCCC4=O)cn3)C2)ccn1. The van der Waals surface area contributed by atoms with Crippen molar-refractivity contribution < 1.29 is 4.79 Å². The summed E-state index contributed by atoms with van der Waals surface area (Å²) in [7, 11) is 0. The highest BCUT2D eigenvalue weighted by molar-refractivity contribution is 5.95. The van der Waals surface area contributed by atoms with E-state index >= 15 is 0 Å². The largest absolute Gasteiger partial charge is 0.369 e. The van der Waals surface area contributed by atoms with E-state index in [1.54, 1.807) is 0 Å². The van der Waals surface area contributed by atoms with Gasteiger partial charge in [-0.05, 0) is 31.9 Å². The van der Waals surface area contributed by atoms with Crippen molar-refractivity contribution >= 4 is 17.3 Å². The highest BCUT2D eigenvalue weighted by Crippen LogP contribution is 2.28. The van der Waals surface area contributed by atoms with Crippen LogP contribution >= 0.6 is 0 Å². The van der Waals surface area contributed by atoms with Gasteiger partial charge in [0.25, 0.3) is 0 Å². The summed E-state index contributed by atoms with van der Waals surface area (Å²) < 4.78 is 2.02. The molecule has 23 heavy (non-hydrogen) atoms. The summed E-state index contributed by atoms with van der Waals surface area (Å²) in [5.74, 6) is 0.213. The summed E-state index contributed by atoms with van der Waals surface area (Å²) in [6, 6.07) is 4.54. The lowest BCUT2D eigenvalue weighted by Crippen LogP contribution is -2.23. The van der Waals surface area contributed by atoms with Gasteiger partial charge in [-0.1, -0.05) is 0 Å². The molecule has 0 spiro atoms. The maximum absolute atomic E-state index is 11.8. The van der Waals surface area contributed by atoms with E-state index in [2.05, 4.69) is 27.1 Å². The van der Waals surface area contributed by atoms with Crippen LogP contribution in [0.3, 0.4) is 0 Å². The summed E-state index contributed by atoms with van der Waals surface area (Å²) in [5, 5.41) is 4.51. The number of hydrogen-bond donors (Lipinski definition) is 0. The maximum atomic E-state index is 11.8. The minimum atomic E-state index is 0.213. The van der Waals surface area contributed by atoms with Crippen LogP contribution in [0.5, 0.6) is 0 Å². The van der Waals surface area contributed by atoms with Crippen molar-refractivity contribution in [3.8, 4) is 0 Å². The number of aryl methyl sites for hydroxylation is 1. The zero-order valence-electron chi connectivity index (χ0n) is 13.4. The summed E-state index contributed by atoms with van der Waals surface area (Å²) in [4.78, 5) is 20.3. The average Bonchev–Trinajstić information content (AvgIpc) is 3.26. The molecule has 2 aromatic heterocycles. The molecule has 2 saturated heterocycles. The van der Waals surface area contributed by atoms with Crippen LogP contribution in [0.2, 0.25) is 0 Å². The number of amides is 1. The predicted molar refractivity (Wildman–Crippen MR) is 88.7 cm³/mol. The summed E-state index contributed by atoms with van der Waals surface area (Å²) >= 11 is 0. The Morgan fingerprint density at radius 1 is 1.26 bits per heavy atom. The number of pyridine rings is 1. The number of carbonyl (C=O) groups excluding carboxylic acids is 1. The van der Waals surface area contributed by atoms with Crippen LogP contribution < -0.4 is 9.80 Å². The Morgan fingerprint density at radius 3 is 2.96 bits per heavy atom. The molecule has 4 heterocycles. The van der Waals surface area contributed by atoms with Crippen molar-refractivity contribution in [3.05, 3.63) is 36.4 Å². The Kier molecular flexibility index (Phi) is 3.52. The van der Waals surface area contributed by atoms with Gasteiger partial charge in [0.2, 0.25) is 5.91 Å². The molecule has 120 valence electrons. The van der Waals surface area contributed by atoms with E-state index in [-0.39, 0.29) is 5.91 Å². The van der Waals surface area contributed by atoms with Gasteiger partial charge in [0, 0.05) is 49.8 Å². The highest BCUT2D eigenvalue weighted by Gasteiger charge is 2.27. The molecule has 0 radical (unpaired) electrons. The number of aromatic nitrogens is 3. The lowest BCUT2D eigenvalue weighted by Gasteiger charge is -2.19. The van der Waals surface area contributed by atoms with Gasteiger partial charge in [-0.15, -0.1) is 0 Å². The Balaban J connectivity index is 1.48. The summed E-state index contributed by atoms with van der Waals surface area (Å²) in [6.45, 7) is 4.80. The van der Waals surface area contributed by atoms with Crippen molar-refractivity contribution in [1.82, 2.24) is 14.8 Å². The monoisotopic (exact) mass is 311 g/mol. The third-order valence-electron chi connectivity index (χ3n) is 4.76. The number of nitrogens with zero attached hydrogens (tertiary/aromatic N) is 5. The lowest BCUT2D eigenvalue weighted by atomic mass is 10.3. The zero-order chi connectivity index (χ0) is 15.8. The molecule has 1 atom stereocenters. The normalized spacial score (nSPS) is 21.4. The number of hydrogen-bond acceptors (Lipinski definition) is 4. The van der Waals surface area contributed by atoms with Gasteiger partial charge in [-0.2, -0.15) is 5.10 Å². The molecule has 2 fully saturated rings. The zero-order valence-corrected chi connectivity index (χ0v) is 13.4. The molecule has 1 unspecified atom stereocenters. The molecular weight excluding hydrogens is 290 g/mol. The first-order valence-electron chi connectivity index (χ1n) is 8.23. The van der Waals surface area contributed by atoms with Crippen LogP contribution in [0.4, 0.5) is 11.4 Å². The smallest absolute Gasteiger partial charge is 0.227 e. The van der Waals surface area contributed by atoms with E-state index in [1.165, 1.54) is 5.69 Å². The first-order valence-corrected chi connectivity index (χ1v) is 8.23. The highest BCUT2D eigenvalue weighted by atomic mass is 16.2. The quantitative estimate of drug-likeness (QED) is 0.872. The summed E-state index contributed by atoms with van der Waals surface area (Å²) in [5.41, 5.74) is 3.20. The number of rotatable bonds is 3. The molecule has 2 aliphatic heterocycles. The molecule has 0 N–H and O–H groups in total. The predicted octanol–water partition coefficient (Wildman–Crippen LogP) is 2.16. The first kappa shape index (κ1) is 14.2. The molecule has 0 saturated carbocycles. The van der Waals surface area contributed by atoms with Crippen molar-refractivity contribution in [2.75, 3.05) is 29.4 Å². The van der Waals surface area contributed by atoms with E-state index in [0.29, 0.717) is 12.5 Å². The van der Waals surface area contributed by atoms with Crippen LogP contribution in [-0.2, 0) is 4.79 Å². The molecule has 1 amide bonds. The minimum Gasteiger partial charge on any atom is -0.369 e. The van der Waals surface area contributed by atoms with E-state index in [1.807, 2.05) is 35.1 Å². The standard InChI is InChI=1S/C17H21N5O/c1-13-9-14(4-6-18-13)20-8-5-15(11-20)22-12-16(10-19-22)21-7-2-3-17(21)23/h4,6,9-10,12,15H,2-3,5,7-8,11H2,1H3. The van der Waals surface area contributed by atoms with Crippen molar-refractivity contribution in [2.24, 2.45) is 0 Å². The first-order chi connectivity index (χ1) is 11.2. The molecule has 6 heteroatoms. The Labute approximate surface area is 135 Å². The van der Waals surface area contributed by atoms with Gasteiger partial charge in [0.1, 0.15) is 0 Å². The van der Waals surface area contributed by atoms with Gasteiger partial charge in [0.05, 0.1) is 17.9 Å². The fourth-order valence-corrected chi connectivity index (χ4v) is 3.51. The average molecular weight is 311 g/mol. The van der Waals surface area contributed by atoms with E-state index < -0.39 is 0 Å². The number of anilines is 2. The van der Waals surface area contributed by atoms with Gasteiger partial charge in [-0.25, -0.2) is 0 Å². The Morgan fingerprint density at radius 2 is 2.17 bits per heavy atom. The maximum Gasteiger partial charge on any atom is 0.227 e. The van der Waals surface area contributed by atoms with Crippen LogP contribution in [0.1, 0.15) is 31.0 Å².